The first-order valence-electron chi connectivity index (χ1n) is 7.17. The van der Waals surface area contributed by atoms with E-state index in [1.54, 1.807) is 0 Å². The van der Waals surface area contributed by atoms with Crippen LogP contribution in [0.15, 0.2) is 30.3 Å². The van der Waals surface area contributed by atoms with E-state index in [0.717, 1.165) is 18.4 Å². The number of carboxylic acids is 1. The SMILES string of the molecule is CCCCC(=O)NC(CCC(=O)O)Cc1ccccc1. The van der Waals surface area contributed by atoms with Crippen molar-refractivity contribution in [3.63, 3.8) is 0 Å². The summed E-state index contributed by atoms with van der Waals surface area (Å²) in [6, 6.07) is 9.70. The molecule has 1 aromatic carbocycles. The second-order valence-electron chi connectivity index (χ2n) is 4.99. The van der Waals surface area contributed by atoms with Crippen LogP contribution in [0.3, 0.4) is 0 Å². The fourth-order valence-corrected chi connectivity index (χ4v) is 2.06. The molecule has 4 heteroatoms. The van der Waals surface area contributed by atoms with Gasteiger partial charge in [0.2, 0.25) is 5.91 Å². The fraction of sp³-hybridized carbons (Fsp3) is 0.500. The number of carbonyl (C=O) groups is 2. The van der Waals surface area contributed by atoms with Gasteiger partial charge in [-0.3, -0.25) is 9.59 Å². The van der Waals surface area contributed by atoms with Gasteiger partial charge in [-0.2, -0.15) is 0 Å². The monoisotopic (exact) mass is 277 g/mol. The molecular formula is C16H23NO3. The molecule has 0 heterocycles. The summed E-state index contributed by atoms with van der Waals surface area (Å²) in [5, 5.41) is 11.7. The Hall–Kier alpha value is -1.84. The maximum Gasteiger partial charge on any atom is 0.303 e. The number of aliphatic carboxylic acids is 1. The Balaban J connectivity index is 2.55. The van der Waals surface area contributed by atoms with Crippen LogP contribution in [0.5, 0.6) is 0 Å². The summed E-state index contributed by atoms with van der Waals surface area (Å²) in [5.41, 5.74) is 1.11. The van der Waals surface area contributed by atoms with Crippen molar-refractivity contribution in [1.82, 2.24) is 5.32 Å². The molecule has 0 saturated heterocycles. The minimum absolute atomic E-state index is 0.0122. The van der Waals surface area contributed by atoms with Crippen LogP contribution in [0.1, 0.15) is 44.6 Å². The molecule has 2 N–H and O–H groups in total. The number of hydrogen-bond acceptors (Lipinski definition) is 2. The smallest absolute Gasteiger partial charge is 0.303 e. The Morgan fingerprint density at radius 2 is 1.90 bits per heavy atom. The van der Waals surface area contributed by atoms with E-state index < -0.39 is 5.97 Å². The number of hydrogen-bond donors (Lipinski definition) is 2. The lowest BCUT2D eigenvalue weighted by Gasteiger charge is -2.18. The third-order valence-corrected chi connectivity index (χ3v) is 3.15. The predicted octanol–water partition coefficient (Wildman–Crippen LogP) is 2.77. The third-order valence-electron chi connectivity index (χ3n) is 3.15. The van der Waals surface area contributed by atoms with Gasteiger partial charge in [-0.15, -0.1) is 0 Å². The van der Waals surface area contributed by atoms with E-state index in [1.165, 1.54) is 0 Å². The van der Waals surface area contributed by atoms with Crippen LogP contribution in [-0.2, 0) is 16.0 Å². The average molecular weight is 277 g/mol. The summed E-state index contributed by atoms with van der Waals surface area (Å²) in [7, 11) is 0. The van der Waals surface area contributed by atoms with Gasteiger partial charge >= 0.3 is 5.97 Å². The summed E-state index contributed by atoms with van der Waals surface area (Å²) >= 11 is 0. The van der Waals surface area contributed by atoms with Gasteiger partial charge in [-0.25, -0.2) is 0 Å². The predicted molar refractivity (Wildman–Crippen MR) is 78.5 cm³/mol. The Bertz CT molecular complexity index is 417. The molecule has 1 unspecified atom stereocenters. The summed E-state index contributed by atoms with van der Waals surface area (Å²) in [6.45, 7) is 2.04. The van der Waals surface area contributed by atoms with Gasteiger partial charge in [0, 0.05) is 18.9 Å². The number of amides is 1. The number of carboxylic acid groups (broad SMARTS) is 1. The van der Waals surface area contributed by atoms with E-state index in [9.17, 15) is 9.59 Å². The molecule has 110 valence electrons. The summed E-state index contributed by atoms with van der Waals surface area (Å²) in [4.78, 5) is 22.5. The molecule has 0 aliphatic carbocycles. The molecule has 0 fully saturated rings. The van der Waals surface area contributed by atoms with Gasteiger partial charge in [-0.1, -0.05) is 43.7 Å². The zero-order chi connectivity index (χ0) is 14.8. The average Bonchev–Trinajstić information content (AvgIpc) is 2.43. The maximum atomic E-state index is 11.8. The highest BCUT2D eigenvalue weighted by Crippen LogP contribution is 2.08. The molecule has 20 heavy (non-hydrogen) atoms. The van der Waals surface area contributed by atoms with Gasteiger partial charge in [0.15, 0.2) is 0 Å². The van der Waals surface area contributed by atoms with Gasteiger partial charge in [-0.05, 0) is 24.8 Å². The zero-order valence-corrected chi connectivity index (χ0v) is 12.0. The highest BCUT2D eigenvalue weighted by atomic mass is 16.4. The Labute approximate surface area is 120 Å². The van der Waals surface area contributed by atoms with Crippen LogP contribution in [0.25, 0.3) is 0 Å². The van der Waals surface area contributed by atoms with Crippen LogP contribution in [0.4, 0.5) is 0 Å². The molecule has 0 aliphatic heterocycles. The summed E-state index contributed by atoms with van der Waals surface area (Å²) in [5.74, 6) is -0.816. The third kappa shape index (κ3) is 6.92. The first kappa shape index (κ1) is 16.2. The van der Waals surface area contributed by atoms with Gasteiger partial charge in [0.1, 0.15) is 0 Å². The standard InChI is InChI=1S/C16H23NO3/c1-2-3-9-15(18)17-14(10-11-16(19)20)12-13-7-5-4-6-8-13/h4-8,14H,2-3,9-12H2,1H3,(H,17,18)(H,19,20). The van der Waals surface area contributed by atoms with Crippen molar-refractivity contribution in [3.8, 4) is 0 Å². The molecule has 0 bridgehead atoms. The molecule has 1 atom stereocenters. The number of carbonyl (C=O) groups excluding carboxylic acids is 1. The number of unbranched alkanes of at least 4 members (excludes halogenated alkanes) is 1. The Morgan fingerprint density at radius 1 is 1.20 bits per heavy atom. The molecule has 1 amide bonds. The van der Waals surface area contributed by atoms with Crippen molar-refractivity contribution < 1.29 is 14.7 Å². The quantitative estimate of drug-likeness (QED) is 0.729. The van der Waals surface area contributed by atoms with Crippen molar-refractivity contribution in [2.75, 3.05) is 0 Å². The first-order chi connectivity index (χ1) is 9.61. The van der Waals surface area contributed by atoms with Crippen molar-refractivity contribution in [1.29, 1.82) is 0 Å². The molecule has 0 aliphatic rings. The molecule has 0 radical (unpaired) electrons. The van der Waals surface area contributed by atoms with Crippen molar-refractivity contribution in [3.05, 3.63) is 35.9 Å². The molecule has 1 rings (SSSR count). The lowest BCUT2D eigenvalue weighted by Crippen LogP contribution is -2.36. The number of nitrogens with one attached hydrogen (secondary N) is 1. The maximum absolute atomic E-state index is 11.8. The zero-order valence-electron chi connectivity index (χ0n) is 12.0. The minimum Gasteiger partial charge on any atom is -0.481 e. The Morgan fingerprint density at radius 3 is 2.50 bits per heavy atom. The van der Waals surface area contributed by atoms with Gasteiger partial charge < -0.3 is 10.4 Å². The second kappa shape index (κ2) is 9.13. The lowest BCUT2D eigenvalue weighted by molar-refractivity contribution is -0.137. The summed E-state index contributed by atoms with van der Waals surface area (Å²) < 4.78 is 0. The van der Waals surface area contributed by atoms with E-state index in [4.69, 9.17) is 5.11 Å². The molecule has 0 saturated carbocycles. The van der Waals surface area contributed by atoms with Crippen LogP contribution < -0.4 is 5.32 Å². The Kier molecular flexibility index (Phi) is 7.40. The van der Waals surface area contributed by atoms with Gasteiger partial charge in [0.25, 0.3) is 0 Å². The molecule has 1 aromatic rings. The fourth-order valence-electron chi connectivity index (χ4n) is 2.06. The van der Waals surface area contributed by atoms with Crippen molar-refractivity contribution in [2.24, 2.45) is 0 Å². The lowest BCUT2D eigenvalue weighted by atomic mass is 10.0. The van der Waals surface area contributed by atoms with Crippen LogP contribution in [-0.4, -0.2) is 23.0 Å². The molecule has 0 spiro atoms. The van der Waals surface area contributed by atoms with Gasteiger partial charge in [0.05, 0.1) is 0 Å². The largest absolute Gasteiger partial charge is 0.481 e. The van der Waals surface area contributed by atoms with E-state index in [0.29, 0.717) is 19.3 Å². The van der Waals surface area contributed by atoms with Crippen molar-refractivity contribution in [2.45, 2.75) is 51.5 Å². The van der Waals surface area contributed by atoms with Crippen molar-refractivity contribution >= 4 is 11.9 Å². The molecular weight excluding hydrogens is 254 g/mol. The van der Waals surface area contributed by atoms with Crippen LogP contribution >= 0.6 is 0 Å². The van der Waals surface area contributed by atoms with Crippen LogP contribution in [0.2, 0.25) is 0 Å². The minimum atomic E-state index is -0.828. The number of benzene rings is 1. The van der Waals surface area contributed by atoms with Crippen LogP contribution in [0, 0.1) is 0 Å². The second-order valence-corrected chi connectivity index (χ2v) is 4.99. The molecule has 4 nitrogen and oxygen atoms in total. The van der Waals surface area contributed by atoms with E-state index in [-0.39, 0.29) is 18.4 Å². The normalized spacial score (nSPS) is 11.8. The highest BCUT2D eigenvalue weighted by molar-refractivity contribution is 5.76. The topological polar surface area (TPSA) is 66.4 Å². The first-order valence-corrected chi connectivity index (χ1v) is 7.17. The number of rotatable bonds is 9. The van der Waals surface area contributed by atoms with E-state index in [1.807, 2.05) is 37.3 Å². The van der Waals surface area contributed by atoms with E-state index in [2.05, 4.69) is 5.32 Å². The summed E-state index contributed by atoms with van der Waals surface area (Å²) in [6.07, 6.45) is 3.56. The van der Waals surface area contributed by atoms with E-state index >= 15 is 0 Å². The highest BCUT2D eigenvalue weighted by Gasteiger charge is 2.14. The molecule has 0 aromatic heterocycles.